The molecule has 0 saturated heterocycles. The Balaban J connectivity index is 2.72. The zero-order chi connectivity index (χ0) is 11.3. The molecular formula is C8H11NO4S2. The van der Waals surface area contributed by atoms with E-state index in [1.54, 1.807) is 0 Å². The fourth-order valence-corrected chi connectivity index (χ4v) is 2.29. The number of furan rings is 1. The number of aldehydes is 1. The van der Waals surface area contributed by atoms with E-state index in [1.165, 1.54) is 23.9 Å². The molecule has 7 heteroatoms. The third-order valence-corrected chi connectivity index (χ3v) is 3.53. The van der Waals surface area contributed by atoms with E-state index < -0.39 is 10.0 Å². The minimum absolute atomic E-state index is 0.000224. The van der Waals surface area contributed by atoms with Crippen LogP contribution in [0.15, 0.2) is 21.6 Å². The molecule has 0 aliphatic rings. The average Bonchev–Trinajstić information content (AvgIpc) is 2.66. The molecule has 1 rings (SSSR count). The molecule has 0 aliphatic carbocycles. The fraction of sp³-hybridized carbons (Fsp3) is 0.375. The Morgan fingerprint density at radius 2 is 2.27 bits per heavy atom. The van der Waals surface area contributed by atoms with E-state index >= 15 is 0 Å². The molecule has 0 aromatic carbocycles. The van der Waals surface area contributed by atoms with Crippen LogP contribution in [0.4, 0.5) is 0 Å². The van der Waals surface area contributed by atoms with Crippen molar-refractivity contribution in [3.8, 4) is 0 Å². The van der Waals surface area contributed by atoms with Gasteiger partial charge in [0, 0.05) is 12.3 Å². The van der Waals surface area contributed by atoms with Crippen molar-refractivity contribution in [1.29, 1.82) is 0 Å². The van der Waals surface area contributed by atoms with Crippen LogP contribution in [0.5, 0.6) is 0 Å². The number of hydrogen-bond acceptors (Lipinski definition) is 5. The highest BCUT2D eigenvalue weighted by molar-refractivity contribution is 7.98. The third kappa shape index (κ3) is 3.37. The predicted octanol–water partition coefficient (Wildman–Crippen LogP) is 0.733. The lowest BCUT2D eigenvalue weighted by Gasteiger charge is -2.01. The number of hydrogen-bond donors (Lipinski definition) is 1. The molecule has 0 radical (unpaired) electrons. The van der Waals surface area contributed by atoms with Crippen LogP contribution in [-0.2, 0) is 10.0 Å². The molecule has 0 saturated carbocycles. The molecule has 1 N–H and O–H groups in total. The van der Waals surface area contributed by atoms with Crippen molar-refractivity contribution in [2.45, 2.75) is 5.09 Å². The summed E-state index contributed by atoms with van der Waals surface area (Å²) in [5, 5.41) is -0.231. The van der Waals surface area contributed by atoms with Gasteiger partial charge in [-0.1, -0.05) is 0 Å². The normalized spacial score (nSPS) is 11.5. The highest BCUT2D eigenvalue weighted by atomic mass is 32.2. The molecule has 5 nitrogen and oxygen atoms in total. The van der Waals surface area contributed by atoms with Crippen LogP contribution in [0.25, 0.3) is 0 Å². The summed E-state index contributed by atoms with van der Waals surface area (Å²) in [6.45, 7) is 0.334. The van der Waals surface area contributed by atoms with Gasteiger partial charge in [0.05, 0.1) is 0 Å². The van der Waals surface area contributed by atoms with Gasteiger partial charge in [-0.25, -0.2) is 13.1 Å². The van der Waals surface area contributed by atoms with Crippen molar-refractivity contribution >= 4 is 28.1 Å². The van der Waals surface area contributed by atoms with E-state index in [9.17, 15) is 13.2 Å². The first-order chi connectivity index (χ1) is 7.10. The Bertz CT molecular complexity index is 424. The fourth-order valence-electron chi connectivity index (χ4n) is 0.891. The second-order valence-corrected chi connectivity index (χ2v) is 5.35. The lowest BCUT2D eigenvalue weighted by atomic mass is 10.5. The smallest absolute Gasteiger partial charge is 0.274 e. The van der Waals surface area contributed by atoms with Crippen LogP contribution >= 0.6 is 11.8 Å². The van der Waals surface area contributed by atoms with Gasteiger partial charge in [0.1, 0.15) is 0 Å². The van der Waals surface area contributed by atoms with Gasteiger partial charge >= 0.3 is 0 Å². The lowest BCUT2D eigenvalue weighted by Crippen LogP contribution is -2.25. The van der Waals surface area contributed by atoms with Crippen LogP contribution < -0.4 is 4.72 Å². The van der Waals surface area contributed by atoms with Crippen molar-refractivity contribution in [3.63, 3.8) is 0 Å². The van der Waals surface area contributed by atoms with Crippen molar-refractivity contribution in [2.24, 2.45) is 0 Å². The van der Waals surface area contributed by atoms with E-state index in [0.717, 1.165) is 0 Å². The highest BCUT2D eigenvalue weighted by Crippen LogP contribution is 2.11. The Labute approximate surface area is 92.3 Å². The Morgan fingerprint density at radius 1 is 1.53 bits per heavy atom. The highest BCUT2D eigenvalue weighted by Gasteiger charge is 2.17. The van der Waals surface area contributed by atoms with Crippen LogP contribution in [0, 0.1) is 0 Å². The monoisotopic (exact) mass is 249 g/mol. The van der Waals surface area contributed by atoms with Crippen molar-refractivity contribution in [3.05, 3.63) is 17.9 Å². The van der Waals surface area contributed by atoms with E-state index in [-0.39, 0.29) is 10.9 Å². The summed E-state index contributed by atoms with van der Waals surface area (Å²) in [6.07, 6.45) is 2.34. The summed E-state index contributed by atoms with van der Waals surface area (Å²) >= 11 is 1.53. The molecular weight excluding hydrogens is 238 g/mol. The van der Waals surface area contributed by atoms with Gasteiger partial charge in [-0.2, -0.15) is 11.8 Å². The van der Waals surface area contributed by atoms with Gasteiger partial charge in [-0.3, -0.25) is 4.79 Å². The van der Waals surface area contributed by atoms with E-state index in [0.29, 0.717) is 18.6 Å². The average molecular weight is 249 g/mol. The van der Waals surface area contributed by atoms with Crippen LogP contribution in [0.3, 0.4) is 0 Å². The Hall–Kier alpha value is -0.790. The molecule has 0 bridgehead atoms. The molecule has 84 valence electrons. The summed E-state index contributed by atoms with van der Waals surface area (Å²) in [6, 6.07) is 2.57. The summed E-state index contributed by atoms with van der Waals surface area (Å²) in [4.78, 5) is 10.3. The van der Waals surface area contributed by atoms with Crippen LogP contribution in [0.2, 0.25) is 0 Å². The van der Waals surface area contributed by atoms with Crippen LogP contribution in [0.1, 0.15) is 10.6 Å². The second kappa shape index (κ2) is 5.34. The lowest BCUT2D eigenvalue weighted by molar-refractivity contribution is 0.109. The number of carbonyl (C=O) groups is 1. The zero-order valence-electron chi connectivity index (χ0n) is 8.10. The molecule has 0 atom stereocenters. The van der Waals surface area contributed by atoms with Crippen LogP contribution in [-0.4, -0.2) is 33.3 Å². The standard InChI is InChI=1S/C8H11NO4S2/c1-14-5-4-9-15(11,12)8-3-2-7(6-10)13-8/h2-3,6,9H,4-5H2,1H3. The number of thioether (sulfide) groups is 1. The van der Waals surface area contributed by atoms with Gasteiger partial charge < -0.3 is 4.42 Å². The van der Waals surface area contributed by atoms with E-state index in [2.05, 4.69) is 4.72 Å². The summed E-state index contributed by atoms with van der Waals surface area (Å²) in [7, 11) is -3.61. The molecule has 0 unspecified atom stereocenters. The number of sulfonamides is 1. The molecule has 0 aliphatic heterocycles. The van der Waals surface area contributed by atoms with Gasteiger partial charge in [-0.15, -0.1) is 0 Å². The maximum absolute atomic E-state index is 11.5. The molecule has 1 heterocycles. The second-order valence-electron chi connectivity index (χ2n) is 2.67. The number of rotatable bonds is 6. The maximum Gasteiger partial charge on any atom is 0.274 e. The van der Waals surface area contributed by atoms with E-state index in [4.69, 9.17) is 4.42 Å². The van der Waals surface area contributed by atoms with Crippen molar-refractivity contribution in [1.82, 2.24) is 4.72 Å². The first-order valence-corrected chi connectivity index (χ1v) is 7.01. The summed E-state index contributed by atoms with van der Waals surface area (Å²) in [5.74, 6) is 0.681. The number of carbonyl (C=O) groups excluding carboxylic acids is 1. The molecule has 0 spiro atoms. The largest absolute Gasteiger partial charge is 0.440 e. The van der Waals surface area contributed by atoms with Gasteiger partial charge in [0.2, 0.25) is 5.09 Å². The minimum Gasteiger partial charge on any atom is -0.440 e. The quantitative estimate of drug-likeness (QED) is 0.594. The third-order valence-electron chi connectivity index (χ3n) is 1.58. The van der Waals surface area contributed by atoms with Gasteiger partial charge in [-0.05, 0) is 18.4 Å². The topological polar surface area (TPSA) is 76.4 Å². The molecule has 0 fully saturated rings. The van der Waals surface area contributed by atoms with E-state index in [1.807, 2.05) is 6.26 Å². The number of nitrogens with one attached hydrogen (secondary N) is 1. The maximum atomic E-state index is 11.5. The summed E-state index contributed by atoms with van der Waals surface area (Å²) < 4.78 is 30.2. The van der Waals surface area contributed by atoms with Crippen molar-refractivity contribution < 1.29 is 17.6 Å². The van der Waals surface area contributed by atoms with Gasteiger partial charge in [0.25, 0.3) is 10.0 Å². The molecule has 0 amide bonds. The first-order valence-electron chi connectivity index (χ1n) is 4.14. The first kappa shape index (κ1) is 12.3. The SMILES string of the molecule is CSCCNS(=O)(=O)c1ccc(C=O)o1. The van der Waals surface area contributed by atoms with Crippen molar-refractivity contribution in [2.75, 3.05) is 18.6 Å². The summed E-state index contributed by atoms with van der Waals surface area (Å²) in [5.41, 5.74) is 0. The molecule has 1 aromatic rings. The minimum atomic E-state index is -3.61. The zero-order valence-corrected chi connectivity index (χ0v) is 9.73. The van der Waals surface area contributed by atoms with Gasteiger partial charge in [0.15, 0.2) is 12.0 Å². The Morgan fingerprint density at radius 3 is 2.80 bits per heavy atom. The predicted molar refractivity (Wildman–Crippen MR) is 57.7 cm³/mol. The molecule has 15 heavy (non-hydrogen) atoms. The molecule has 1 aromatic heterocycles. The Kier molecular flexibility index (Phi) is 4.37.